The van der Waals surface area contributed by atoms with Crippen LogP contribution in [0.3, 0.4) is 0 Å². The second-order valence-electron chi connectivity index (χ2n) is 7.19. The number of non-ortho nitro benzene ring substituents is 1. The zero-order valence-corrected chi connectivity index (χ0v) is 17.5. The fourth-order valence-electron chi connectivity index (χ4n) is 4.14. The van der Waals surface area contributed by atoms with Crippen LogP contribution in [0.25, 0.3) is 0 Å². The third-order valence-electron chi connectivity index (χ3n) is 5.46. The molecule has 0 fully saturated rings. The van der Waals surface area contributed by atoms with Gasteiger partial charge < -0.3 is 14.4 Å². The van der Waals surface area contributed by atoms with Crippen LogP contribution in [0.1, 0.15) is 51.5 Å². The summed E-state index contributed by atoms with van der Waals surface area (Å²) in [7, 11) is 0. The number of rotatable bonds is 7. The van der Waals surface area contributed by atoms with Gasteiger partial charge in [-0.15, -0.1) is 0 Å². The number of carbonyl (C=O) groups excluding carboxylic acids is 2. The van der Waals surface area contributed by atoms with E-state index in [0.717, 1.165) is 5.70 Å². The van der Waals surface area contributed by atoms with Crippen molar-refractivity contribution in [3.63, 3.8) is 0 Å². The summed E-state index contributed by atoms with van der Waals surface area (Å²) >= 11 is 0. The number of allylic oxidation sites excluding steroid dienone is 3. The van der Waals surface area contributed by atoms with E-state index in [1.807, 2.05) is 11.8 Å². The first-order valence-corrected chi connectivity index (χ1v) is 10.1. The number of ketones is 1. The Kier molecular flexibility index (Phi) is 6.66. The number of nitro groups is 1. The van der Waals surface area contributed by atoms with Crippen molar-refractivity contribution in [1.29, 1.82) is 0 Å². The highest BCUT2D eigenvalue weighted by Crippen LogP contribution is 2.46. The highest BCUT2D eigenvalue weighted by molar-refractivity contribution is 6.03. The Morgan fingerprint density at radius 2 is 2.03 bits per heavy atom. The molecule has 160 valence electrons. The molecule has 8 nitrogen and oxygen atoms in total. The summed E-state index contributed by atoms with van der Waals surface area (Å²) in [4.78, 5) is 38.8. The highest BCUT2D eigenvalue weighted by atomic mass is 16.6. The van der Waals surface area contributed by atoms with Crippen LogP contribution in [0.4, 0.5) is 5.69 Å². The predicted molar refractivity (Wildman–Crippen MR) is 109 cm³/mol. The average molecular weight is 414 g/mol. The molecule has 1 aromatic carbocycles. The molecule has 1 atom stereocenters. The molecule has 1 heterocycles. The van der Waals surface area contributed by atoms with Gasteiger partial charge in [-0.2, -0.15) is 0 Å². The van der Waals surface area contributed by atoms with E-state index in [0.29, 0.717) is 48.3 Å². The Morgan fingerprint density at radius 3 is 2.70 bits per heavy atom. The van der Waals surface area contributed by atoms with Gasteiger partial charge in [-0.05, 0) is 39.2 Å². The van der Waals surface area contributed by atoms with Gasteiger partial charge >= 0.3 is 5.97 Å². The van der Waals surface area contributed by atoms with Crippen molar-refractivity contribution in [2.24, 2.45) is 0 Å². The molecule has 1 unspecified atom stereocenters. The summed E-state index contributed by atoms with van der Waals surface area (Å²) in [6, 6.07) is 6.12. The van der Waals surface area contributed by atoms with Crippen LogP contribution < -0.4 is 0 Å². The standard InChI is InChI=1S/C22H26N2O6/c1-4-29-13-23-14(3)19(22(26)30-5-2)20(21-17(23)10-7-11-18(21)25)15-8-6-9-16(12-15)24(27)28/h6,8-9,12,20H,4-5,7,10-11,13H2,1-3H3. The number of esters is 1. The number of Topliss-reactive ketones (excluding diaryl/α,β-unsaturated/α-hetero) is 1. The maximum absolute atomic E-state index is 13.0. The van der Waals surface area contributed by atoms with Crippen molar-refractivity contribution in [3.05, 3.63) is 62.5 Å². The number of hydrogen-bond donors (Lipinski definition) is 0. The molecule has 1 aliphatic carbocycles. The van der Waals surface area contributed by atoms with Crippen LogP contribution >= 0.6 is 0 Å². The van der Waals surface area contributed by atoms with Gasteiger partial charge in [0, 0.05) is 48.0 Å². The summed E-state index contributed by atoms with van der Waals surface area (Å²) in [6.45, 7) is 6.29. The van der Waals surface area contributed by atoms with E-state index in [2.05, 4.69) is 0 Å². The Hall–Kier alpha value is -3.00. The monoisotopic (exact) mass is 414 g/mol. The zero-order chi connectivity index (χ0) is 21.8. The van der Waals surface area contributed by atoms with E-state index in [9.17, 15) is 19.7 Å². The van der Waals surface area contributed by atoms with Crippen LogP contribution in [-0.4, -0.2) is 41.5 Å². The average Bonchev–Trinajstić information content (AvgIpc) is 2.72. The van der Waals surface area contributed by atoms with Crippen molar-refractivity contribution in [2.75, 3.05) is 19.9 Å². The van der Waals surface area contributed by atoms with Gasteiger partial charge in [0.2, 0.25) is 0 Å². The van der Waals surface area contributed by atoms with Gasteiger partial charge in [-0.3, -0.25) is 14.9 Å². The summed E-state index contributed by atoms with van der Waals surface area (Å²) in [6.07, 6.45) is 1.76. The molecule has 0 bridgehead atoms. The smallest absolute Gasteiger partial charge is 0.336 e. The van der Waals surface area contributed by atoms with Crippen LogP contribution in [0.2, 0.25) is 0 Å². The molecule has 8 heteroatoms. The van der Waals surface area contributed by atoms with Crippen molar-refractivity contribution < 1.29 is 24.0 Å². The summed E-state index contributed by atoms with van der Waals surface area (Å²) in [5.41, 5.74) is 2.75. The molecular weight excluding hydrogens is 388 g/mol. The lowest BCUT2D eigenvalue weighted by atomic mass is 9.74. The summed E-state index contributed by atoms with van der Waals surface area (Å²) < 4.78 is 10.9. The van der Waals surface area contributed by atoms with Crippen molar-refractivity contribution in [1.82, 2.24) is 4.90 Å². The van der Waals surface area contributed by atoms with Crippen molar-refractivity contribution >= 4 is 17.4 Å². The molecule has 3 rings (SSSR count). The number of benzene rings is 1. The summed E-state index contributed by atoms with van der Waals surface area (Å²) in [5, 5.41) is 11.3. The van der Waals surface area contributed by atoms with E-state index in [1.54, 1.807) is 26.0 Å². The van der Waals surface area contributed by atoms with Crippen LogP contribution in [-0.2, 0) is 19.1 Å². The first-order chi connectivity index (χ1) is 14.4. The van der Waals surface area contributed by atoms with E-state index < -0.39 is 16.8 Å². The minimum Gasteiger partial charge on any atom is -0.463 e. The first kappa shape index (κ1) is 21.7. The van der Waals surface area contributed by atoms with Gasteiger partial charge in [0.1, 0.15) is 6.73 Å². The van der Waals surface area contributed by atoms with E-state index in [4.69, 9.17) is 9.47 Å². The summed E-state index contributed by atoms with van der Waals surface area (Å²) in [5.74, 6) is -1.29. The minimum absolute atomic E-state index is 0.0523. The van der Waals surface area contributed by atoms with E-state index in [1.165, 1.54) is 12.1 Å². The Morgan fingerprint density at radius 1 is 1.27 bits per heavy atom. The number of nitrogens with zero attached hydrogens (tertiary/aromatic N) is 2. The van der Waals surface area contributed by atoms with E-state index >= 15 is 0 Å². The molecule has 1 aromatic rings. The van der Waals surface area contributed by atoms with Gasteiger partial charge in [0.25, 0.3) is 5.69 Å². The van der Waals surface area contributed by atoms with Gasteiger partial charge in [0.05, 0.1) is 17.1 Å². The molecule has 0 radical (unpaired) electrons. The number of ether oxygens (including phenoxy) is 2. The van der Waals surface area contributed by atoms with Crippen molar-refractivity contribution in [3.8, 4) is 0 Å². The van der Waals surface area contributed by atoms with Crippen molar-refractivity contribution in [2.45, 2.75) is 46.0 Å². The maximum Gasteiger partial charge on any atom is 0.336 e. The fourth-order valence-corrected chi connectivity index (χ4v) is 4.14. The predicted octanol–water partition coefficient (Wildman–Crippen LogP) is 3.83. The molecule has 1 aliphatic heterocycles. The molecular formula is C22H26N2O6. The second kappa shape index (κ2) is 9.21. The fraction of sp³-hybridized carbons (Fsp3) is 0.455. The normalized spacial score (nSPS) is 19.1. The largest absolute Gasteiger partial charge is 0.463 e. The van der Waals surface area contributed by atoms with Gasteiger partial charge in [-0.25, -0.2) is 4.79 Å². The van der Waals surface area contributed by atoms with Crippen LogP contribution in [0.15, 0.2) is 46.8 Å². The highest BCUT2D eigenvalue weighted by Gasteiger charge is 2.42. The molecule has 0 saturated carbocycles. The quantitative estimate of drug-likeness (QED) is 0.380. The number of hydrogen-bond acceptors (Lipinski definition) is 7. The molecule has 0 amide bonds. The van der Waals surface area contributed by atoms with Gasteiger partial charge in [-0.1, -0.05) is 12.1 Å². The minimum atomic E-state index is -0.704. The lowest BCUT2D eigenvalue weighted by molar-refractivity contribution is -0.384. The van der Waals surface area contributed by atoms with Gasteiger partial charge in [0.15, 0.2) is 5.78 Å². The molecule has 0 spiro atoms. The lowest BCUT2D eigenvalue weighted by Crippen LogP contribution is -2.38. The first-order valence-electron chi connectivity index (χ1n) is 10.1. The lowest BCUT2D eigenvalue weighted by Gasteiger charge is -2.40. The second-order valence-corrected chi connectivity index (χ2v) is 7.19. The third kappa shape index (κ3) is 4.00. The number of nitro benzene ring substituents is 1. The molecule has 0 aromatic heterocycles. The Bertz CT molecular complexity index is 933. The number of carbonyl (C=O) groups is 2. The Balaban J connectivity index is 2.24. The molecule has 30 heavy (non-hydrogen) atoms. The molecule has 0 N–H and O–H groups in total. The molecule has 2 aliphatic rings. The maximum atomic E-state index is 13.0. The molecule has 0 saturated heterocycles. The Labute approximate surface area is 175 Å². The third-order valence-corrected chi connectivity index (χ3v) is 5.46. The zero-order valence-electron chi connectivity index (χ0n) is 17.5. The van der Waals surface area contributed by atoms with Crippen LogP contribution in [0.5, 0.6) is 0 Å². The van der Waals surface area contributed by atoms with E-state index in [-0.39, 0.29) is 24.8 Å². The topological polar surface area (TPSA) is 99.0 Å². The van der Waals surface area contributed by atoms with Crippen LogP contribution in [0, 0.1) is 10.1 Å². The SMILES string of the molecule is CCOCN1C(C)=C(C(=O)OCC)C(c2cccc([N+](=O)[O-])c2)C2=C1CCCC2=O.